The fourth-order valence-electron chi connectivity index (χ4n) is 0.964. The molecule has 1 nitrogen and oxygen atoms in total. The second kappa shape index (κ2) is 3.98. The molecule has 0 fully saturated rings. The lowest BCUT2D eigenvalue weighted by Gasteiger charge is -2.11. The quantitative estimate of drug-likeness (QED) is 0.553. The van der Waals surface area contributed by atoms with E-state index in [2.05, 4.69) is 0 Å². The van der Waals surface area contributed by atoms with Crippen LogP contribution in [0, 0.1) is 5.82 Å². The van der Waals surface area contributed by atoms with Crippen molar-refractivity contribution in [3.63, 3.8) is 0 Å². The second-order valence-corrected chi connectivity index (χ2v) is 3.31. The summed E-state index contributed by atoms with van der Waals surface area (Å²) in [7, 11) is 0. The van der Waals surface area contributed by atoms with Gasteiger partial charge in [-0.05, 0) is 23.7 Å². The van der Waals surface area contributed by atoms with Crippen LogP contribution in [0.3, 0.4) is 0 Å². The molecule has 0 bridgehead atoms. The molecule has 0 aliphatic heterocycles. The lowest BCUT2D eigenvalue weighted by molar-refractivity contribution is -0.139. The third-order valence-corrected chi connectivity index (χ3v) is 2.10. The maximum Gasteiger partial charge on any atom is 0.420 e. The van der Waals surface area contributed by atoms with Crippen LogP contribution >= 0.6 is 23.2 Å². The van der Waals surface area contributed by atoms with Gasteiger partial charge in [0.1, 0.15) is 11.4 Å². The van der Waals surface area contributed by atoms with Crippen molar-refractivity contribution in [1.82, 2.24) is 0 Å². The average Bonchev–Trinajstić information content (AvgIpc) is 2.00. The number of benzene rings is 1. The molecule has 0 heterocycles. The molecule has 1 aromatic rings. The molecule has 0 amide bonds. The first-order valence-electron chi connectivity index (χ1n) is 3.50. The van der Waals surface area contributed by atoms with Gasteiger partial charge in [0.2, 0.25) is 0 Å². The third-order valence-electron chi connectivity index (χ3n) is 1.59. The minimum absolute atomic E-state index is 0.767. The van der Waals surface area contributed by atoms with Crippen molar-refractivity contribution in [2.45, 2.75) is 6.18 Å². The van der Waals surface area contributed by atoms with E-state index in [-0.39, 0.29) is 0 Å². The SMILES string of the molecule is O=C(Cl)c1ccc(Cl)c(C(F)(F)F)c1F. The molecular weight excluding hydrogens is 259 g/mol. The molecule has 7 heteroatoms. The summed E-state index contributed by atoms with van der Waals surface area (Å²) in [4.78, 5) is 10.6. The topological polar surface area (TPSA) is 17.1 Å². The normalized spacial score (nSPS) is 11.6. The van der Waals surface area contributed by atoms with Crippen LogP contribution in [-0.2, 0) is 6.18 Å². The monoisotopic (exact) mass is 260 g/mol. The van der Waals surface area contributed by atoms with Crippen LogP contribution in [0.15, 0.2) is 12.1 Å². The fourth-order valence-corrected chi connectivity index (χ4v) is 1.36. The standard InChI is InChI=1S/C8H2Cl2F4O/c9-4-2-1-3(7(10)15)6(11)5(4)8(12,13)14/h1-2H. The van der Waals surface area contributed by atoms with E-state index in [9.17, 15) is 22.4 Å². The van der Waals surface area contributed by atoms with E-state index in [1.54, 1.807) is 0 Å². The summed E-state index contributed by atoms with van der Waals surface area (Å²) in [6.45, 7) is 0. The Bertz CT molecular complexity index is 414. The molecule has 0 radical (unpaired) electrons. The molecule has 0 spiro atoms. The lowest BCUT2D eigenvalue weighted by Crippen LogP contribution is -2.12. The molecule has 0 aliphatic rings. The van der Waals surface area contributed by atoms with Gasteiger partial charge < -0.3 is 0 Å². The van der Waals surface area contributed by atoms with E-state index < -0.39 is 33.4 Å². The minimum Gasteiger partial charge on any atom is -0.275 e. The van der Waals surface area contributed by atoms with Gasteiger partial charge in [-0.2, -0.15) is 13.2 Å². The maximum atomic E-state index is 13.2. The van der Waals surface area contributed by atoms with Crippen molar-refractivity contribution in [2.75, 3.05) is 0 Å². The van der Waals surface area contributed by atoms with Crippen LogP contribution in [-0.4, -0.2) is 5.24 Å². The molecule has 0 aromatic heterocycles. The van der Waals surface area contributed by atoms with E-state index in [0.717, 1.165) is 12.1 Å². The first kappa shape index (κ1) is 12.3. The number of alkyl halides is 3. The van der Waals surface area contributed by atoms with Crippen molar-refractivity contribution in [2.24, 2.45) is 0 Å². The average molecular weight is 261 g/mol. The van der Waals surface area contributed by atoms with Crippen molar-refractivity contribution < 1.29 is 22.4 Å². The molecule has 82 valence electrons. The molecule has 0 N–H and O–H groups in total. The van der Waals surface area contributed by atoms with Crippen LogP contribution in [0.25, 0.3) is 0 Å². The first-order valence-corrected chi connectivity index (χ1v) is 4.25. The summed E-state index contributed by atoms with van der Waals surface area (Å²) in [6.07, 6.45) is -4.97. The van der Waals surface area contributed by atoms with E-state index >= 15 is 0 Å². The summed E-state index contributed by atoms with van der Waals surface area (Å²) in [5, 5.41) is -2.13. The van der Waals surface area contributed by atoms with Gasteiger partial charge in [0.05, 0.1) is 10.6 Å². The molecule has 0 saturated carbocycles. The number of carbonyl (C=O) groups is 1. The highest BCUT2D eigenvalue weighted by Crippen LogP contribution is 2.37. The zero-order valence-electron chi connectivity index (χ0n) is 6.83. The first-order chi connectivity index (χ1) is 6.75. The molecule has 15 heavy (non-hydrogen) atoms. The second-order valence-electron chi connectivity index (χ2n) is 2.56. The summed E-state index contributed by atoms with van der Waals surface area (Å²) < 4.78 is 50.0. The predicted octanol–water partition coefficient (Wildman–Crippen LogP) is 3.88. The van der Waals surface area contributed by atoms with Gasteiger partial charge in [-0.3, -0.25) is 4.79 Å². The molecule has 0 saturated heterocycles. The molecule has 1 rings (SSSR count). The minimum atomic E-state index is -4.97. The maximum absolute atomic E-state index is 13.2. The number of hydrogen-bond donors (Lipinski definition) is 0. The number of rotatable bonds is 1. The Kier molecular flexibility index (Phi) is 3.25. The summed E-state index contributed by atoms with van der Waals surface area (Å²) in [5.74, 6) is -1.75. The van der Waals surface area contributed by atoms with E-state index in [1.165, 1.54) is 0 Å². The van der Waals surface area contributed by atoms with Crippen molar-refractivity contribution in [3.8, 4) is 0 Å². The zero-order chi connectivity index (χ0) is 11.8. The fraction of sp³-hybridized carbons (Fsp3) is 0.125. The Morgan fingerprint density at radius 3 is 2.20 bits per heavy atom. The van der Waals surface area contributed by atoms with Gasteiger partial charge in [-0.25, -0.2) is 4.39 Å². The Morgan fingerprint density at radius 1 is 1.27 bits per heavy atom. The molecular formula is C8H2Cl2F4O. The summed E-state index contributed by atoms with van der Waals surface area (Å²) in [6, 6.07) is 1.56. The Labute approximate surface area is 91.6 Å². The molecule has 0 aliphatic carbocycles. The van der Waals surface area contributed by atoms with Gasteiger partial charge in [-0.15, -0.1) is 0 Å². The van der Waals surface area contributed by atoms with E-state index in [4.69, 9.17) is 23.2 Å². The van der Waals surface area contributed by atoms with Gasteiger partial charge in [0, 0.05) is 0 Å². The molecule has 1 aromatic carbocycles. The van der Waals surface area contributed by atoms with E-state index in [0.29, 0.717) is 0 Å². The third kappa shape index (κ3) is 2.41. The van der Waals surface area contributed by atoms with Gasteiger partial charge in [0.15, 0.2) is 0 Å². The predicted molar refractivity (Wildman–Crippen MR) is 46.6 cm³/mol. The number of halogens is 6. The number of carbonyl (C=O) groups excluding carboxylic acids is 1. The van der Waals surface area contributed by atoms with Gasteiger partial charge >= 0.3 is 6.18 Å². The Morgan fingerprint density at radius 2 is 1.80 bits per heavy atom. The van der Waals surface area contributed by atoms with E-state index in [1.807, 2.05) is 0 Å². The van der Waals surface area contributed by atoms with Gasteiger partial charge in [-0.1, -0.05) is 11.6 Å². The molecule has 0 atom stereocenters. The summed E-state index contributed by atoms with van der Waals surface area (Å²) in [5.41, 5.74) is -2.54. The smallest absolute Gasteiger partial charge is 0.275 e. The highest BCUT2D eigenvalue weighted by atomic mass is 35.5. The van der Waals surface area contributed by atoms with Crippen molar-refractivity contribution >= 4 is 28.4 Å². The molecule has 0 unspecified atom stereocenters. The highest BCUT2D eigenvalue weighted by Gasteiger charge is 2.38. The largest absolute Gasteiger partial charge is 0.420 e. The summed E-state index contributed by atoms with van der Waals surface area (Å²) >= 11 is 10.1. The van der Waals surface area contributed by atoms with Crippen LogP contribution in [0.2, 0.25) is 5.02 Å². The zero-order valence-corrected chi connectivity index (χ0v) is 8.34. The van der Waals surface area contributed by atoms with Crippen LogP contribution in [0.5, 0.6) is 0 Å². The number of hydrogen-bond acceptors (Lipinski definition) is 1. The van der Waals surface area contributed by atoms with Crippen molar-refractivity contribution in [1.29, 1.82) is 0 Å². The van der Waals surface area contributed by atoms with Gasteiger partial charge in [0.25, 0.3) is 5.24 Å². The van der Waals surface area contributed by atoms with Crippen LogP contribution in [0.1, 0.15) is 15.9 Å². The lowest BCUT2D eigenvalue weighted by atomic mass is 10.1. The van der Waals surface area contributed by atoms with Crippen LogP contribution in [0.4, 0.5) is 17.6 Å². The Balaban J connectivity index is 3.51. The highest BCUT2D eigenvalue weighted by molar-refractivity contribution is 6.67. The Hall–Kier alpha value is -0.810. The van der Waals surface area contributed by atoms with Crippen LogP contribution < -0.4 is 0 Å². The van der Waals surface area contributed by atoms with Crippen molar-refractivity contribution in [3.05, 3.63) is 34.1 Å².